The van der Waals surface area contributed by atoms with E-state index < -0.39 is 0 Å². The van der Waals surface area contributed by atoms with E-state index in [1.54, 1.807) is 17.5 Å². The Morgan fingerprint density at radius 3 is 2.92 bits per heavy atom. The van der Waals surface area contributed by atoms with Gasteiger partial charge in [-0.1, -0.05) is 11.6 Å². The maximum atomic E-state index is 10.5. The Labute approximate surface area is 83.4 Å². The van der Waals surface area contributed by atoms with Gasteiger partial charge in [-0.3, -0.25) is 4.79 Å². The molecular weight excluding hydrogens is 208 g/mol. The normalized spacial score (nSPS) is 10.5. The molecule has 1 aromatic heterocycles. The monoisotopic (exact) mass is 212 g/mol. The van der Waals surface area contributed by atoms with Crippen molar-refractivity contribution < 1.29 is 9.90 Å². The van der Waals surface area contributed by atoms with Crippen molar-refractivity contribution in [2.75, 3.05) is 0 Å². The van der Waals surface area contributed by atoms with Crippen LogP contribution >= 0.6 is 22.9 Å². The molecule has 2 nitrogen and oxygen atoms in total. The van der Waals surface area contributed by atoms with Crippen molar-refractivity contribution in [3.8, 4) is 5.75 Å². The zero-order chi connectivity index (χ0) is 9.42. The molecule has 2 rings (SSSR count). The maximum Gasteiger partial charge on any atom is 0.153 e. The van der Waals surface area contributed by atoms with Gasteiger partial charge in [0.25, 0.3) is 0 Å². The Hall–Kier alpha value is -1.06. The molecule has 1 N–H and O–H groups in total. The van der Waals surface area contributed by atoms with Crippen molar-refractivity contribution in [3.05, 3.63) is 28.1 Å². The molecule has 1 aromatic carbocycles. The lowest BCUT2D eigenvalue weighted by Crippen LogP contribution is -1.79. The molecule has 0 spiro atoms. The lowest BCUT2D eigenvalue weighted by molar-refractivity contribution is 0.112. The molecular formula is C9H5ClO2S. The van der Waals surface area contributed by atoms with Crippen LogP contribution in [0.2, 0.25) is 5.02 Å². The summed E-state index contributed by atoms with van der Waals surface area (Å²) in [5.41, 5.74) is 0.271. The highest BCUT2D eigenvalue weighted by Crippen LogP contribution is 2.33. The van der Waals surface area contributed by atoms with Crippen LogP contribution in [0, 0.1) is 0 Å². The van der Waals surface area contributed by atoms with Gasteiger partial charge in [-0.25, -0.2) is 0 Å². The SMILES string of the molecule is O=Cc1cc2c(Cl)csc2cc1O. The number of phenolic OH excluding ortho intramolecular Hbond substituents is 1. The molecule has 0 fully saturated rings. The van der Waals surface area contributed by atoms with Gasteiger partial charge in [0.1, 0.15) is 5.75 Å². The Kier molecular flexibility index (Phi) is 1.98. The van der Waals surface area contributed by atoms with Gasteiger partial charge in [-0.2, -0.15) is 0 Å². The third-order valence-electron chi connectivity index (χ3n) is 1.80. The highest BCUT2D eigenvalue weighted by Gasteiger charge is 2.06. The number of phenols is 1. The molecule has 0 aliphatic carbocycles. The van der Waals surface area contributed by atoms with E-state index in [1.807, 2.05) is 0 Å². The third kappa shape index (κ3) is 1.30. The summed E-state index contributed by atoms with van der Waals surface area (Å²) in [4.78, 5) is 10.5. The molecule has 0 saturated heterocycles. The fourth-order valence-corrected chi connectivity index (χ4v) is 2.32. The van der Waals surface area contributed by atoms with Gasteiger partial charge in [-0.05, 0) is 12.1 Å². The lowest BCUT2D eigenvalue weighted by atomic mass is 10.1. The van der Waals surface area contributed by atoms with Crippen LogP contribution in [-0.4, -0.2) is 11.4 Å². The van der Waals surface area contributed by atoms with Crippen molar-refractivity contribution >= 4 is 39.3 Å². The number of aromatic hydroxyl groups is 1. The molecule has 0 atom stereocenters. The fourth-order valence-electron chi connectivity index (χ4n) is 1.14. The summed E-state index contributed by atoms with van der Waals surface area (Å²) in [7, 11) is 0. The van der Waals surface area contributed by atoms with Crippen LogP contribution in [0.15, 0.2) is 17.5 Å². The van der Waals surface area contributed by atoms with Crippen molar-refractivity contribution in [2.45, 2.75) is 0 Å². The number of benzene rings is 1. The second-order valence-electron chi connectivity index (χ2n) is 2.61. The van der Waals surface area contributed by atoms with Gasteiger partial charge in [0.05, 0.1) is 10.6 Å². The molecule has 0 amide bonds. The van der Waals surface area contributed by atoms with Crippen LogP contribution in [-0.2, 0) is 0 Å². The fraction of sp³-hybridized carbons (Fsp3) is 0. The number of hydrogen-bond donors (Lipinski definition) is 1. The van der Waals surface area contributed by atoms with E-state index >= 15 is 0 Å². The zero-order valence-electron chi connectivity index (χ0n) is 6.45. The number of carbonyl (C=O) groups excluding carboxylic acids is 1. The van der Waals surface area contributed by atoms with E-state index in [0.717, 1.165) is 10.1 Å². The molecule has 0 unspecified atom stereocenters. The summed E-state index contributed by atoms with van der Waals surface area (Å²) in [6.07, 6.45) is 0.614. The number of halogens is 1. The highest BCUT2D eigenvalue weighted by atomic mass is 35.5. The molecule has 13 heavy (non-hydrogen) atoms. The summed E-state index contributed by atoms with van der Waals surface area (Å²) in [5.74, 6) is 0.000941. The second-order valence-corrected chi connectivity index (χ2v) is 3.93. The second kappa shape index (κ2) is 3.01. The van der Waals surface area contributed by atoms with Gasteiger partial charge < -0.3 is 5.11 Å². The minimum absolute atomic E-state index is 0.000941. The van der Waals surface area contributed by atoms with E-state index in [-0.39, 0.29) is 11.3 Å². The minimum atomic E-state index is 0.000941. The standard InChI is InChI=1S/C9H5ClO2S/c10-7-4-13-9-2-8(12)5(3-11)1-6(7)9/h1-4,12H. The first-order chi connectivity index (χ1) is 6.22. The van der Waals surface area contributed by atoms with E-state index in [0.29, 0.717) is 11.3 Å². The van der Waals surface area contributed by atoms with Crippen LogP contribution in [0.25, 0.3) is 10.1 Å². The Bertz CT molecular complexity index is 476. The van der Waals surface area contributed by atoms with Gasteiger partial charge in [0, 0.05) is 15.5 Å². The number of carbonyl (C=O) groups is 1. The van der Waals surface area contributed by atoms with E-state index in [1.165, 1.54) is 11.3 Å². The Morgan fingerprint density at radius 1 is 1.46 bits per heavy atom. The van der Waals surface area contributed by atoms with Crippen LogP contribution in [0.4, 0.5) is 0 Å². The van der Waals surface area contributed by atoms with Gasteiger partial charge in [0.2, 0.25) is 0 Å². The summed E-state index contributed by atoms with van der Waals surface area (Å²) in [6, 6.07) is 3.14. The Morgan fingerprint density at radius 2 is 2.23 bits per heavy atom. The predicted molar refractivity (Wildman–Crippen MR) is 53.9 cm³/mol. The maximum absolute atomic E-state index is 10.5. The third-order valence-corrected chi connectivity index (χ3v) is 3.19. The quantitative estimate of drug-likeness (QED) is 0.738. The molecule has 0 radical (unpaired) electrons. The molecule has 66 valence electrons. The summed E-state index contributed by atoms with van der Waals surface area (Å²) in [5, 5.41) is 12.6. The Balaban J connectivity index is 2.84. The first-order valence-corrected chi connectivity index (χ1v) is 4.83. The highest BCUT2D eigenvalue weighted by molar-refractivity contribution is 7.17. The van der Waals surface area contributed by atoms with Gasteiger partial charge in [-0.15, -0.1) is 11.3 Å². The van der Waals surface area contributed by atoms with E-state index in [2.05, 4.69) is 0 Å². The van der Waals surface area contributed by atoms with E-state index in [9.17, 15) is 9.90 Å². The number of aldehydes is 1. The molecule has 0 aliphatic rings. The largest absolute Gasteiger partial charge is 0.507 e. The van der Waals surface area contributed by atoms with Crippen molar-refractivity contribution in [1.29, 1.82) is 0 Å². The van der Waals surface area contributed by atoms with Crippen LogP contribution in [0.5, 0.6) is 5.75 Å². The number of fused-ring (bicyclic) bond motifs is 1. The molecule has 4 heteroatoms. The van der Waals surface area contributed by atoms with Crippen molar-refractivity contribution in [3.63, 3.8) is 0 Å². The molecule has 0 aliphatic heterocycles. The van der Waals surface area contributed by atoms with Crippen LogP contribution in [0.3, 0.4) is 0 Å². The summed E-state index contributed by atoms with van der Waals surface area (Å²) >= 11 is 7.31. The summed E-state index contributed by atoms with van der Waals surface area (Å²) < 4.78 is 0.883. The molecule has 2 aromatic rings. The molecule has 0 bridgehead atoms. The number of rotatable bonds is 1. The molecule has 0 saturated carbocycles. The summed E-state index contributed by atoms with van der Waals surface area (Å²) in [6.45, 7) is 0. The van der Waals surface area contributed by atoms with Gasteiger partial charge >= 0.3 is 0 Å². The average Bonchev–Trinajstić information content (AvgIpc) is 2.46. The van der Waals surface area contributed by atoms with Crippen molar-refractivity contribution in [1.82, 2.24) is 0 Å². The first-order valence-electron chi connectivity index (χ1n) is 3.57. The van der Waals surface area contributed by atoms with Gasteiger partial charge in [0.15, 0.2) is 6.29 Å². The first kappa shape index (κ1) is 8.53. The van der Waals surface area contributed by atoms with E-state index in [4.69, 9.17) is 11.6 Å². The van der Waals surface area contributed by atoms with Crippen molar-refractivity contribution in [2.24, 2.45) is 0 Å². The zero-order valence-corrected chi connectivity index (χ0v) is 8.02. The smallest absolute Gasteiger partial charge is 0.153 e. The topological polar surface area (TPSA) is 37.3 Å². The van der Waals surface area contributed by atoms with Crippen LogP contribution < -0.4 is 0 Å². The average molecular weight is 213 g/mol. The number of thiophene rings is 1. The minimum Gasteiger partial charge on any atom is -0.507 e. The lowest BCUT2D eigenvalue weighted by Gasteiger charge is -1.96. The molecule has 1 heterocycles. The van der Waals surface area contributed by atoms with Crippen LogP contribution in [0.1, 0.15) is 10.4 Å². The number of hydrogen-bond acceptors (Lipinski definition) is 3. The predicted octanol–water partition coefficient (Wildman–Crippen LogP) is 3.07.